The Bertz CT molecular complexity index is 1470. The van der Waals surface area contributed by atoms with E-state index in [1.54, 1.807) is 60.7 Å². The van der Waals surface area contributed by atoms with Crippen LogP contribution < -0.4 is 24.4 Å². The lowest BCUT2D eigenvalue weighted by Crippen LogP contribution is -2.27. The van der Waals surface area contributed by atoms with Crippen molar-refractivity contribution in [2.24, 2.45) is 0 Å². The smallest absolute Gasteiger partial charge is 0.270 e. The van der Waals surface area contributed by atoms with E-state index in [9.17, 15) is 9.59 Å². The average molecular weight is 654 g/mol. The summed E-state index contributed by atoms with van der Waals surface area (Å²) < 4.78 is 17.4. The molecule has 1 heterocycles. The second-order valence-electron chi connectivity index (χ2n) is 7.71. The Labute approximate surface area is 247 Å². The number of halogens is 3. The molecular formula is C26H19BrCl2N2O5S2. The Kier molecular flexibility index (Phi) is 9.22. The molecule has 7 nitrogen and oxygen atoms in total. The average Bonchev–Trinajstić information content (AvgIpc) is 3.17. The molecule has 0 atom stereocenters. The Morgan fingerprint density at radius 1 is 1.03 bits per heavy atom. The Hall–Kier alpha value is -2.76. The Morgan fingerprint density at radius 2 is 1.76 bits per heavy atom. The summed E-state index contributed by atoms with van der Waals surface area (Å²) in [7, 11) is 3.01. The first-order valence-electron chi connectivity index (χ1n) is 10.9. The zero-order chi connectivity index (χ0) is 27.4. The minimum atomic E-state index is -0.364. The summed E-state index contributed by atoms with van der Waals surface area (Å²) in [4.78, 5) is 27.3. The summed E-state index contributed by atoms with van der Waals surface area (Å²) in [5, 5.41) is 3.57. The van der Waals surface area contributed by atoms with Crippen LogP contribution in [0.5, 0.6) is 17.2 Å². The van der Waals surface area contributed by atoms with Gasteiger partial charge in [0.05, 0.1) is 34.9 Å². The predicted molar refractivity (Wildman–Crippen MR) is 160 cm³/mol. The molecule has 1 aliphatic heterocycles. The van der Waals surface area contributed by atoms with Gasteiger partial charge in [0.1, 0.15) is 5.75 Å². The van der Waals surface area contributed by atoms with Crippen molar-refractivity contribution in [1.82, 2.24) is 0 Å². The van der Waals surface area contributed by atoms with Crippen LogP contribution in [0.4, 0.5) is 11.4 Å². The minimum Gasteiger partial charge on any atom is -0.495 e. The maximum absolute atomic E-state index is 13.1. The molecule has 3 aromatic carbocycles. The topological polar surface area (TPSA) is 77.1 Å². The lowest BCUT2D eigenvalue weighted by atomic mass is 10.1. The monoisotopic (exact) mass is 652 g/mol. The number of nitrogens with zero attached hydrogens (tertiary/aromatic N) is 1. The predicted octanol–water partition coefficient (Wildman–Crippen LogP) is 7.20. The highest BCUT2D eigenvalue weighted by molar-refractivity contribution is 9.10. The van der Waals surface area contributed by atoms with Crippen LogP contribution in [-0.4, -0.2) is 37.0 Å². The van der Waals surface area contributed by atoms with E-state index in [1.165, 1.54) is 30.9 Å². The largest absolute Gasteiger partial charge is 0.495 e. The van der Waals surface area contributed by atoms with Crippen LogP contribution in [-0.2, 0) is 9.59 Å². The molecule has 0 unspecified atom stereocenters. The number of carbonyl (C=O) groups is 2. The number of ether oxygens (including phenoxy) is 3. The number of methoxy groups -OCH3 is 2. The Balaban J connectivity index is 1.45. The van der Waals surface area contributed by atoms with Crippen LogP contribution in [0.1, 0.15) is 5.56 Å². The van der Waals surface area contributed by atoms with Crippen molar-refractivity contribution >= 4 is 96.7 Å². The quantitative estimate of drug-likeness (QED) is 0.204. The van der Waals surface area contributed by atoms with Crippen molar-refractivity contribution in [3.63, 3.8) is 0 Å². The molecule has 2 amide bonds. The van der Waals surface area contributed by atoms with E-state index < -0.39 is 0 Å². The number of rotatable bonds is 8. The van der Waals surface area contributed by atoms with Crippen molar-refractivity contribution in [2.45, 2.75) is 0 Å². The second-order valence-corrected chi connectivity index (χ2v) is 11.1. The third-order valence-electron chi connectivity index (χ3n) is 5.23. The van der Waals surface area contributed by atoms with E-state index >= 15 is 0 Å². The van der Waals surface area contributed by atoms with E-state index in [1.807, 2.05) is 0 Å². The SMILES string of the molecule is COc1ccc(N2C(=O)/C(=C\c3ccc(OCC(=O)Nc4ccc(Br)c(Cl)c4)c(OC)c3)SC2=S)cc1Cl. The molecule has 0 aromatic heterocycles. The van der Waals surface area contributed by atoms with E-state index in [-0.39, 0.29) is 18.4 Å². The van der Waals surface area contributed by atoms with Gasteiger partial charge in [0.2, 0.25) is 0 Å². The fourth-order valence-electron chi connectivity index (χ4n) is 3.44. The number of hydrogen-bond acceptors (Lipinski definition) is 7. The zero-order valence-corrected chi connectivity index (χ0v) is 24.7. The highest BCUT2D eigenvalue weighted by Gasteiger charge is 2.33. The molecule has 1 saturated heterocycles. The second kappa shape index (κ2) is 12.4. The zero-order valence-electron chi connectivity index (χ0n) is 19.9. The maximum atomic E-state index is 13.1. The molecular weight excluding hydrogens is 635 g/mol. The van der Waals surface area contributed by atoms with Crippen LogP contribution in [0, 0.1) is 0 Å². The summed E-state index contributed by atoms with van der Waals surface area (Å²) in [5.41, 5.74) is 1.78. The number of benzene rings is 3. The first kappa shape index (κ1) is 28.3. The summed E-state index contributed by atoms with van der Waals surface area (Å²) >= 11 is 22.2. The van der Waals surface area contributed by atoms with Crippen molar-refractivity contribution in [3.05, 3.63) is 79.6 Å². The van der Waals surface area contributed by atoms with Crippen LogP contribution in [0.2, 0.25) is 10.0 Å². The molecule has 4 rings (SSSR count). The van der Waals surface area contributed by atoms with E-state index in [0.29, 0.717) is 53.5 Å². The normalized spacial score (nSPS) is 14.1. The summed E-state index contributed by atoms with van der Waals surface area (Å²) in [6.07, 6.45) is 1.71. The van der Waals surface area contributed by atoms with Gasteiger partial charge < -0.3 is 19.5 Å². The first-order valence-corrected chi connectivity index (χ1v) is 13.6. The number of thiocarbonyl (C=S) groups is 1. The van der Waals surface area contributed by atoms with Gasteiger partial charge in [-0.05, 0) is 76.1 Å². The van der Waals surface area contributed by atoms with Crippen LogP contribution in [0.3, 0.4) is 0 Å². The molecule has 0 bridgehead atoms. The summed E-state index contributed by atoms with van der Waals surface area (Å²) in [6, 6.07) is 15.2. The van der Waals surface area contributed by atoms with Gasteiger partial charge in [0, 0.05) is 10.2 Å². The van der Waals surface area contributed by atoms with E-state index in [4.69, 9.17) is 49.6 Å². The molecule has 1 aliphatic rings. The molecule has 1 fully saturated rings. The highest BCUT2D eigenvalue weighted by atomic mass is 79.9. The Morgan fingerprint density at radius 3 is 2.45 bits per heavy atom. The number of amides is 2. The van der Waals surface area contributed by atoms with Gasteiger partial charge in [-0.25, -0.2) is 0 Å². The van der Waals surface area contributed by atoms with E-state index in [0.717, 1.165) is 4.47 Å². The van der Waals surface area contributed by atoms with Gasteiger partial charge in [0.15, 0.2) is 22.4 Å². The van der Waals surface area contributed by atoms with Crippen LogP contribution >= 0.6 is 63.1 Å². The van der Waals surface area contributed by atoms with Crippen molar-refractivity contribution in [3.8, 4) is 17.2 Å². The molecule has 196 valence electrons. The molecule has 1 N–H and O–H groups in total. The molecule has 0 saturated carbocycles. The molecule has 12 heteroatoms. The number of hydrogen-bond donors (Lipinski definition) is 1. The number of nitrogens with one attached hydrogen (secondary N) is 1. The molecule has 0 radical (unpaired) electrons. The van der Waals surface area contributed by atoms with Gasteiger partial charge in [-0.1, -0.05) is 53.2 Å². The number of thioether (sulfide) groups is 1. The molecule has 0 aliphatic carbocycles. The van der Waals surface area contributed by atoms with Crippen molar-refractivity contribution in [2.75, 3.05) is 31.0 Å². The van der Waals surface area contributed by atoms with Gasteiger partial charge in [0.25, 0.3) is 11.8 Å². The fourth-order valence-corrected chi connectivity index (χ4v) is 5.42. The van der Waals surface area contributed by atoms with Gasteiger partial charge in [-0.3, -0.25) is 14.5 Å². The third-order valence-corrected chi connectivity index (χ3v) is 8.06. The minimum absolute atomic E-state index is 0.244. The standard InChI is InChI=1S/C26H19BrCl2N2O5S2/c1-34-20-8-5-16(12-19(20)29)31-25(33)23(38-26(31)37)10-14-3-7-21(22(9-14)35-2)36-13-24(32)30-15-4-6-17(27)18(28)11-15/h3-12H,13H2,1-2H3,(H,30,32)/b23-10+. The number of carbonyl (C=O) groups excluding carboxylic acids is 2. The van der Waals surface area contributed by atoms with Crippen molar-refractivity contribution < 1.29 is 23.8 Å². The molecule has 3 aromatic rings. The summed E-state index contributed by atoms with van der Waals surface area (Å²) in [5.74, 6) is 0.632. The van der Waals surface area contributed by atoms with Crippen LogP contribution in [0.25, 0.3) is 6.08 Å². The lowest BCUT2D eigenvalue weighted by molar-refractivity contribution is -0.118. The fraction of sp³-hybridized carbons (Fsp3) is 0.115. The van der Waals surface area contributed by atoms with E-state index in [2.05, 4.69) is 21.2 Å². The van der Waals surface area contributed by atoms with Gasteiger partial charge in [-0.2, -0.15) is 0 Å². The molecule has 0 spiro atoms. The van der Waals surface area contributed by atoms with Crippen molar-refractivity contribution in [1.29, 1.82) is 0 Å². The molecule has 38 heavy (non-hydrogen) atoms. The summed E-state index contributed by atoms with van der Waals surface area (Å²) in [6.45, 7) is -0.244. The first-order chi connectivity index (χ1) is 18.2. The van der Waals surface area contributed by atoms with Gasteiger partial charge >= 0.3 is 0 Å². The number of anilines is 2. The maximum Gasteiger partial charge on any atom is 0.270 e. The van der Waals surface area contributed by atoms with Gasteiger partial charge in [-0.15, -0.1) is 0 Å². The third kappa shape index (κ3) is 6.44. The van der Waals surface area contributed by atoms with Crippen LogP contribution in [0.15, 0.2) is 64.0 Å². The highest BCUT2D eigenvalue weighted by Crippen LogP contribution is 2.39. The lowest BCUT2D eigenvalue weighted by Gasteiger charge is -2.15.